The number of unbranched alkanes of at least 4 members (excludes halogenated alkanes) is 11. The molecule has 4 nitrogen and oxygen atoms in total. The first-order chi connectivity index (χ1) is 13.2. The van der Waals surface area contributed by atoms with E-state index >= 15 is 0 Å². The van der Waals surface area contributed by atoms with Gasteiger partial charge in [-0.3, -0.25) is 4.79 Å². The Bertz CT molecular complexity index is 339. The highest BCUT2D eigenvalue weighted by molar-refractivity contribution is 5.76. The Morgan fingerprint density at radius 3 is 1.78 bits per heavy atom. The van der Waals surface area contributed by atoms with Crippen LogP contribution < -0.4 is 5.32 Å². The minimum Gasteiger partial charge on any atom is -0.396 e. The molecule has 0 aromatic heterocycles. The quantitative estimate of drug-likeness (QED) is 0.198. The number of nitrogens with one attached hydrogen (secondary N) is 1. The molecule has 0 rings (SSSR count). The van der Waals surface area contributed by atoms with Crippen molar-refractivity contribution in [2.24, 2.45) is 0 Å². The van der Waals surface area contributed by atoms with Gasteiger partial charge in [-0.25, -0.2) is 0 Å². The second-order valence-corrected chi connectivity index (χ2v) is 7.62. The molecule has 0 spiro atoms. The van der Waals surface area contributed by atoms with Crippen molar-refractivity contribution in [1.29, 1.82) is 0 Å². The predicted molar refractivity (Wildman–Crippen MR) is 115 cm³/mol. The molecule has 4 heteroatoms. The highest BCUT2D eigenvalue weighted by atomic mass is 16.3. The summed E-state index contributed by atoms with van der Waals surface area (Å²) in [6, 6.07) is -0.101. The minimum absolute atomic E-state index is 0.0400. The van der Waals surface area contributed by atoms with Crippen molar-refractivity contribution in [1.82, 2.24) is 5.32 Å². The zero-order valence-electron chi connectivity index (χ0n) is 17.8. The van der Waals surface area contributed by atoms with Gasteiger partial charge in [0.15, 0.2) is 0 Å². The number of aliphatic hydroxyl groups excluding tert-OH is 2. The Balaban J connectivity index is 3.38. The Labute approximate surface area is 167 Å². The van der Waals surface area contributed by atoms with Gasteiger partial charge in [-0.05, 0) is 44.9 Å². The molecule has 160 valence electrons. The van der Waals surface area contributed by atoms with E-state index in [-0.39, 0.29) is 25.2 Å². The van der Waals surface area contributed by atoms with E-state index in [0.29, 0.717) is 19.3 Å². The molecule has 0 fully saturated rings. The van der Waals surface area contributed by atoms with Crippen LogP contribution in [-0.4, -0.2) is 35.4 Å². The van der Waals surface area contributed by atoms with Gasteiger partial charge in [0.25, 0.3) is 0 Å². The van der Waals surface area contributed by atoms with E-state index in [1.165, 1.54) is 70.6 Å². The molecule has 0 bridgehead atoms. The lowest BCUT2D eigenvalue weighted by atomic mass is 10.1. The fraction of sp³-hybridized carbons (Fsp3) is 0.870. The van der Waals surface area contributed by atoms with Gasteiger partial charge in [0.2, 0.25) is 5.91 Å². The summed E-state index contributed by atoms with van der Waals surface area (Å²) in [7, 11) is 0. The molecular formula is C23H45NO3. The first-order valence-corrected chi connectivity index (χ1v) is 11.4. The topological polar surface area (TPSA) is 69.6 Å². The van der Waals surface area contributed by atoms with Crippen LogP contribution >= 0.6 is 0 Å². The number of allylic oxidation sites excluding steroid dienone is 2. The standard InChI is InChI=1S/C23H45NO3/c1-2-3-4-5-6-7-8-9-10-11-12-13-14-15-16-17-23(27)24-22(18-20-25)19-21-26/h9-10,22,25-26H,2-8,11-21H2,1H3,(H,24,27). The fourth-order valence-electron chi connectivity index (χ4n) is 3.26. The number of aliphatic hydroxyl groups is 2. The summed E-state index contributed by atoms with van der Waals surface area (Å²) >= 11 is 0. The summed E-state index contributed by atoms with van der Waals surface area (Å²) in [6.45, 7) is 2.34. The van der Waals surface area contributed by atoms with Gasteiger partial charge in [-0.15, -0.1) is 0 Å². The second kappa shape index (κ2) is 21.4. The summed E-state index contributed by atoms with van der Waals surface area (Å²) in [5, 5.41) is 20.8. The lowest BCUT2D eigenvalue weighted by Crippen LogP contribution is -2.36. The Morgan fingerprint density at radius 2 is 1.26 bits per heavy atom. The molecule has 0 aliphatic carbocycles. The molecule has 3 N–H and O–H groups in total. The molecular weight excluding hydrogens is 338 g/mol. The van der Waals surface area contributed by atoms with Crippen molar-refractivity contribution in [2.45, 2.75) is 116 Å². The molecule has 0 heterocycles. The summed E-state index contributed by atoms with van der Waals surface area (Å²) in [4.78, 5) is 11.9. The van der Waals surface area contributed by atoms with Crippen LogP contribution in [0.3, 0.4) is 0 Å². The number of rotatable bonds is 20. The lowest BCUT2D eigenvalue weighted by molar-refractivity contribution is -0.122. The van der Waals surface area contributed by atoms with Crippen LogP contribution in [0.25, 0.3) is 0 Å². The molecule has 27 heavy (non-hydrogen) atoms. The Kier molecular flexibility index (Phi) is 20.7. The first kappa shape index (κ1) is 26.1. The third-order valence-electron chi connectivity index (χ3n) is 4.99. The Hall–Kier alpha value is -0.870. The van der Waals surface area contributed by atoms with E-state index < -0.39 is 0 Å². The average Bonchev–Trinajstić information content (AvgIpc) is 2.65. The van der Waals surface area contributed by atoms with Gasteiger partial charge >= 0.3 is 0 Å². The highest BCUT2D eigenvalue weighted by Gasteiger charge is 2.10. The van der Waals surface area contributed by atoms with E-state index in [9.17, 15) is 4.79 Å². The molecule has 0 unspecified atom stereocenters. The van der Waals surface area contributed by atoms with Crippen LogP contribution in [0.1, 0.15) is 110 Å². The normalized spacial score (nSPS) is 11.6. The SMILES string of the molecule is CCCCCCCCC=CCCCCCCCC(=O)NC(CCO)CCO. The van der Waals surface area contributed by atoms with Crippen LogP contribution in [0.4, 0.5) is 0 Å². The van der Waals surface area contributed by atoms with Gasteiger partial charge < -0.3 is 15.5 Å². The van der Waals surface area contributed by atoms with Crippen molar-refractivity contribution >= 4 is 5.91 Å². The van der Waals surface area contributed by atoms with Crippen molar-refractivity contribution in [3.63, 3.8) is 0 Å². The molecule has 0 atom stereocenters. The molecule has 0 saturated carbocycles. The second-order valence-electron chi connectivity index (χ2n) is 7.62. The molecule has 0 radical (unpaired) electrons. The monoisotopic (exact) mass is 383 g/mol. The fourth-order valence-corrected chi connectivity index (χ4v) is 3.26. The number of carbonyl (C=O) groups is 1. The Morgan fingerprint density at radius 1 is 0.778 bits per heavy atom. The highest BCUT2D eigenvalue weighted by Crippen LogP contribution is 2.10. The third-order valence-corrected chi connectivity index (χ3v) is 4.99. The van der Waals surface area contributed by atoms with Crippen LogP contribution in [0.15, 0.2) is 12.2 Å². The van der Waals surface area contributed by atoms with Crippen LogP contribution in [-0.2, 0) is 4.79 Å². The maximum Gasteiger partial charge on any atom is 0.220 e. The van der Waals surface area contributed by atoms with Gasteiger partial charge in [-0.2, -0.15) is 0 Å². The summed E-state index contributed by atoms with van der Waals surface area (Å²) in [6.07, 6.45) is 22.6. The molecule has 0 aromatic carbocycles. The van der Waals surface area contributed by atoms with Crippen molar-refractivity contribution in [3.8, 4) is 0 Å². The number of carbonyl (C=O) groups excluding carboxylic acids is 1. The number of amides is 1. The summed E-state index contributed by atoms with van der Waals surface area (Å²) in [5.41, 5.74) is 0. The molecule has 0 aliphatic rings. The first-order valence-electron chi connectivity index (χ1n) is 11.4. The average molecular weight is 384 g/mol. The van der Waals surface area contributed by atoms with Gasteiger partial charge in [0, 0.05) is 25.7 Å². The smallest absolute Gasteiger partial charge is 0.220 e. The number of hydrogen-bond donors (Lipinski definition) is 3. The predicted octanol–water partition coefficient (Wildman–Crippen LogP) is 5.27. The zero-order chi connectivity index (χ0) is 20.0. The summed E-state index contributed by atoms with van der Waals surface area (Å²) < 4.78 is 0. The third kappa shape index (κ3) is 19.7. The van der Waals surface area contributed by atoms with Crippen molar-refractivity contribution in [3.05, 3.63) is 12.2 Å². The number of hydrogen-bond acceptors (Lipinski definition) is 3. The van der Waals surface area contributed by atoms with E-state index in [1.54, 1.807) is 0 Å². The van der Waals surface area contributed by atoms with E-state index in [4.69, 9.17) is 10.2 Å². The molecule has 0 aromatic rings. The van der Waals surface area contributed by atoms with Gasteiger partial charge in [-0.1, -0.05) is 70.4 Å². The molecule has 0 aliphatic heterocycles. The zero-order valence-corrected chi connectivity index (χ0v) is 17.8. The van der Waals surface area contributed by atoms with Gasteiger partial charge in [0.05, 0.1) is 0 Å². The van der Waals surface area contributed by atoms with Crippen LogP contribution in [0.5, 0.6) is 0 Å². The van der Waals surface area contributed by atoms with Gasteiger partial charge in [0.1, 0.15) is 0 Å². The van der Waals surface area contributed by atoms with Crippen LogP contribution in [0, 0.1) is 0 Å². The van der Waals surface area contributed by atoms with Crippen molar-refractivity contribution in [2.75, 3.05) is 13.2 Å². The maximum absolute atomic E-state index is 11.9. The molecule has 1 amide bonds. The molecule has 0 saturated heterocycles. The van der Waals surface area contributed by atoms with E-state index in [1.807, 2.05) is 0 Å². The maximum atomic E-state index is 11.9. The van der Waals surface area contributed by atoms with E-state index in [0.717, 1.165) is 12.8 Å². The lowest BCUT2D eigenvalue weighted by Gasteiger charge is -2.16. The minimum atomic E-state index is -0.101. The van der Waals surface area contributed by atoms with E-state index in [2.05, 4.69) is 24.4 Å². The van der Waals surface area contributed by atoms with Crippen LogP contribution in [0.2, 0.25) is 0 Å². The van der Waals surface area contributed by atoms with Crippen molar-refractivity contribution < 1.29 is 15.0 Å². The largest absolute Gasteiger partial charge is 0.396 e. The summed E-state index contributed by atoms with van der Waals surface area (Å²) in [5.74, 6) is 0.0412.